The summed E-state index contributed by atoms with van der Waals surface area (Å²) in [4.78, 5) is 58.5. The van der Waals surface area contributed by atoms with E-state index in [0.717, 1.165) is 70.7 Å². The standard InChI is InChI=1S/C43H40ClN7O4/c44-33-10-4-7-27(23-33)24-38(52)50-21-5-11-36(50)40-45-25-34(47-40)30-17-13-28(14-18-30)29-15-19-31(20-16-29)35-26-46-41(48-35)37-12-6-22-51(37)42(53)39(49-43(54)55)32-8-2-1-3-9-32/h1-4,7-10,13-20,23,25-26,36-37,39,49H,5-6,11-12,21-22,24H2,(H,45,47)(H,46,48)(H,54,55)/t36-,37-,39+/m0/s1. The summed E-state index contributed by atoms with van der Waals surface area (Å²) in [6.45, 7) is 1.23. The molecule has 0 unspecified atom stereocenters. The average Bonchev–Trinajstić information content (AvgIpc) is 4.04. The van der Waals surface area contributed by atoms with Gasteiger partial charge in [-0.3, -0.25) is 9.59 Å². The van der Waals surface area contributed by atoms with Gasteiger partial charge in [0.05, 0.1) is 42.3 Å². The minimum Gasteiger partial charge on any atom is -0.465 e. The summed E-state index contributed by atoms with van der Waals surface area (Å²) in [5, 5.41) is 12.5. The molecule has 6 aromatic rings. The number of carbonyl (C=O) groups excluding carboxylic acids is 2. The molecule has 2 aromatic heterocycles. The Morgan fingerprint density at radius 1 is 0.727 bits per heavy atom. The van der Waals surface area contributed by atoms with Gasteiger partial charge in [0.15, 0.2) is 0 Å². The molecule has 3 atom stereocenters. The molecule has 4 N–H and O–H groups in total. The monoisotopic (exact) mass is 753 g/mol. The van der Waals surface area contributed by atoms with Crippen molar-refractivity contribution in [3.05, 3.63) is 143 Å². The van der Waals surface area contributed by atoms with Crippen LogP contribution < -0.4 is 5.32 Å². The number of rotatable bonds is 10. The first-order chi connectivity index (χ1) is 26.8. The van der Waals surface area contributed by atoms with Crippen molar-refractivity contribution in [1.29, 1.82) is 0 Å². The van der Waals surface area contributed by atoms with Gasteiger partial charge in [0, 0.05) is 18.1 Å². The quantitative estimate of drug-likeness (QED) is 0.111. The minimum absolute atomic E-state index is 0.0722. The number of amides is 3. The SMILES string of the molecule is O=C(O)N[C@@H](C(=O)N1CCC[C@H]1c1ncc(-c2ccc(-c3ccc(-c4cnc([C@@H]5CCCN5C(=O)Cc5cccc(Cl)c5)[nH]4)cc3)cc2)[nH]1)c1ccccc1. The molecule has 4 heterocycles. The van der Waals surface area contributed by atoms with E-state index in [0.29, 0.717) is 35.9 Å². The second-order valence-corrected chi connectivity index (χ2v) is 14.5. The summed E-state index contributed by atoms with van der Waals surface area (Å²) in [7, 11) is 0. The van der Waals surface area contributed by atoms with Gasteiger partial charge in [-0.05, 0) is 71.2 Å². The number of carbonyl (C=O) groups is 3. The van der Waals surface area contributed by atoms with Crippen LogP contribution in [0, 0.1) is 0 Å². The topological polar surface area (TPSA) is 147 Å². The van der Waals surface area contributed by atoms with Crippen molar-refractivity contribution in [3.8, 4) is 33.6 Å². The first-order valence-electron chi connectivity index (χ1n) is 18.5. The van der Waals surface area contributed by atoms with E-state index < -0.39 is 12.1 Å². The van der Waals surface area contributed by atoms with Gasteiger partial charge in [0.2, 0.25) is 5.91 Å². The lowest BCUT2D eigenvalue weighted by Crippen LogP contribution is -2.42. The lowest BCUT2D eigenvalue weighted by atomic mass is 10.0. The maximum Gasteiger partial charge on any atom is 0.405 e. The molecule has 0 spiro atoms. The number of likely N-dealkylation sites (tertiary alicyclic amines) is 2. The number of carboxylic acid groups (broad SMARTS) is 1. The Balaban J connectivity index is 0.919. The fourth-order valence-corrected chi connectivity index (χ4v) is 8.01. The number of H-pyrrole nitrogens is 2. The van der Waals surface area contributed by atoms with Gasteiger partial charge < -0.3 is 30.2 Å². The first kappa shape index (κ1) is 35.8. The van der Waals surface area contributed by atoms with E-state index in [4.69, 9.17) is 16.6 Å². The van der Waals surface area contributed by atoms with E-state index >= 15 is 0 Å². The summed E-state index contributed by atoms with van der Waals surface area (Å²) in [6, 6.07) is 31.5. The van der Waals surface area contributed by atoms with Gasteiger partial charge in [-0.25, -0.2) is 14.8 Å². The van der Waals surface area contributed by atoms with Crippen LogP contribution in [0.15, 0.2) is 116 Å². The van der Waals surface area contributed by atoms with Crippen molar-refractivity contribution >= 4 is 29.5 Å². The smallest absolute Gasteiger partial charge is 0.405 e. The van der Waals surface area contributed by atoms with Crippen LogP contribution in [0.1, 0.15) is 66.6 Å². The second kappa shape index (κ2) is 15.6. The Labute approximate surface area is 323 Å². The molecule has 278 valence electrons. The van der Waals surface area contributed by atoms with Crippen LogP contribution in [0.25, 0.3) is 33.6 Å². The molecule has 2 saturated heterocycles. The molecule has 55 heavy (non-hydrogen) atoms. The minimum atomic E-state index is -1.25. The van der Waals surface area contributed by atoms with E-state index in [1.807, 2.05) is 53.6 Å². The summed E-state index contributed by atoms with van der Waals surface area (Å²) < 4.78 is 0. The predicted molar refractivity (Wildman–Crippen MR) is 210 cm³/mol. The number of nitrogens with one attached hydrogen (secondary N) is 3. The third kappa shape index (κ3) is 7.74. The third-order valence-electron chi connectivity index (χ3n) is 10.5. The summed E-state index contributed by atoms with van der Waals surface area (Å²) in [5.41, 5.74) is 7.33. The molecule has 2 fully saturated rings. The molecule has 0 bridgehead atoms. The van der Waals surface area contributed by atoms with E-state index in [2.05, 4.69) is 56.7 Å². The summed E-state index contributed by atoms with van der Waals surface area (Å²) in [6.07, 6.45) is 5.99. The molecule has 0 saturated carbocycles. The summed E-state index contributed by atoms with van der Waals surface area (Å²) >= 11 is 6.14. The maximum atomic E-state index is 13.7. The van der Waals surface area contributed by atoms with Gasteiger partial charge >= 0.3 is 6.09 Å². The van der Waals surface area contributed by atoms with Crippen LogP contribution in [0.5, 0.6) is 0 Å². The Morgan fingerprint density at radius 3 is 1.84 bits per heavy atom. The molecule has 12 heteroatoms. The lowest BCUT2D eigenvalue weighted by Gasteiger charge is -2.28. The van der Waals surface area contributed by atoms with Crippen LogP contribution in [0.2, 0.25) is 5.02 Å². The van der Waals surface area contributed by atoms with E-state index in [1.165, 1.54) is 0 Å². The molecule has 2 aliphatic heterocycles. The van der Waals surface area contributed by atoms with Crippen LogP contribution in [0.3, 0.4) is 0 Å². The average molecular weight is 754 g/mol. The Morgan fingerprint density at radius 2 is 1.27 bits per heavy atom. The highest BCUT2D eigenvalue weighted by Gasteiger charge is 2.37. The predicted octanol–water partition coefficient (Wildman–Crippen LogP) is 8.37. The Hall–Kier alpha value is -6.20. The highest BCUT2D eigenvalue weighted by atomic mass is 35.5. The van der Waals surface area contributed by atoms with Crippen molar-refractivity contribution in [1.82, 2.24) is 35.1 Å². The van der Waals surface area contributed by atoms with Crippen molar-refractivity contribution in [2.45, 2.75) is 50.2 Å². The zero-order valence-electron chi connectivity index (χ0n) is 30.0. The summed E-state index contributed by atoms with van der Waals surface area (Å²) in [5.74, 6) is 1.25. The Bertz CT molecular complexity index is 2310. The molecule has 2 aliphatic rings. The molecule has 3 amide bonds. The number of imidazole rings is 2. The second-order valence-electron chi connectivity index (χ2n) is 14.1. The molecule has 4 aromatic carbocycles. The molecule has 0 radical (unpaired) electrons. The van der Waals surface area contributed by atoms with Gasteiger partial charge in [-0.15, -0.1) is 0 Å². The number of hydrogen-bond acceptors (Lipinski definition) is 5. The van der Waals surface area contributed by atoms with Gasteiger partial charge in [0.25, 0.3) is 5.91 Å². The fraction of sp³-hybridized carbons (Fsp3) is 0.233. The van der Waals surface area contributed by atoms with Crippen molar-refractivity contribution in [3.63, 3.8) is 0 Å². The lowest BCUT2D eigenvalue weighted by molar-refractivity contribution is -0.134. The highest BCUT2D eigenvalue weighted by Crippen LogP contribution is 2.35. The zero-order chi connectivity index (χ0) is 37.9. The molecule has 8 rings (SSSR count). The number of benzene rings is 4. The van der Waals surface area contributed by atoms with Crippen LogP contribution in [0.4, 0.5) is 4.79 Å². The Kier molecular flexibility index (Phi) is 10.2. The molecule has 11 nitrogen and oxygen atoms in total. The highest BCUT2D eigenvalue weighted by molar-refractivity contribution is 6.30. The third-order valence-corrected chi connectivity index (χ3v) is 10.8. The van der Waals surface area contributed by atoms with E-state index in [9.17, 15) is 19.5 Å². The van der Waals surface area contributed by atoms with Gasteiger partial charge in [-0.1, -0.05) is 103 Å². The number of hydrogen-bond donors (Lipinski definition) is 4. The first-order valence-corrected chi connectivity index (χ1v) is 18.9. The van der Waals surface area contributed by atoms with Gasteiger partial charge in [-0.2, -0.15) is 0 Å². The zero-order valence-corrected chi connectivity index (χ0v) is 30.7. The number of halogens is 1. The maximum absolute atomic E-state index is 13.7. The number of aromatic amines is 2. The fourth-order valence-electron chi connectivity index (χ4n) is 7.80. The van der Waals surface area contributed by atoms with Crippen LogP contribution in [-0.4, -0.2) is 65.8 Å². The molecular weight excluding hydrogens is 714 g/mol. The van der Waals surface area contributed by atoms with Crippen molar-refractivity contribution in [2.24, 2.45) is 0 Å². The van der Waals surface area contributed by atoms with Crippen LogP contribution in [-0.2, 0) is 16.0 Å². The van der Waals surface area contributed by atoms with Crippen molar-refractivity contribution in [2.75, 3.05) is 13.1 Å². The molecule has 0 aliphatic carbocycles. The number of nitrogens with zero attached hydrogens (tertiary/aromatic N) is 4. The van der Waals surface area contributed by atoms with Crippen LogP contribution >= 0.6 is 11.6 Å². The number of aromatic nitrogens is 4. The van der Waals surface area contributed by atoms with E-state index in [1.54, 1.807) is 35.4 Å². The van der Waals surface area contributed by atoms with Crippen molar-refractivity contribution < 1.29 is 19.5 Å². The largest absolute Gasteiger partial charge is 0.465 e. The molecular formula is C43H40ClN7O4. The normalized spacial score (nSPS) is 17.3. The van der Waals surface area contributed by atoms with Gasteiger partial charge in [0.1, 0.15) is 17.7 Å². The van der Waals surface area contributed by atoms with E-state index in [-0.39, 0.29) is 23.9 Å².